The first-order valence-electron chi connectivity index (χ1n) is 11.7. The minimum Gasteiger partial charge on any atom is -0.394 e. The lowest BCUT2D eigenvalue weighted by molar-refractivity contribution is -0.114. The number of rotatable bonds is 4. The summed E-state index contributed by atoms with van der Waals surface area (Å²) in [5, 5.41) is 33.8. The second kappa shape index (κ2) is 8.49. The van der Waals surface area contributed by atoms with Gasteiger partial charge < -0.3 is 31.1 Å². The number of ether oxygens (including phenoxy) is 1. The van der Waals surface area contributed by atoms with Crippen molar-refractivity contribution in [1.82, 2.24) is 19.5 Å². The molecular weight excluding hydrogens is 480 g/mol. The number of amides is 1. The molecule has 190 valence electrons. The van der Waals surface area contributed by atoms with Crippen molar-refractivity contribution < 1.29 is 24.9 Å². The van der Waals surface area contributed by atoms with Gasteiger partial charge in [0.15, 0.2) is 17.4 Å². The van der Waals surface area contributed by atoms with Crippen LogP contribution in [0.1, 0.15) is 24.3 Å². The van der Waals surface area contributed by atoms with Crippen molar-refractivity contribution in [3.05, 3.63) is 57.9 Å². The maximum atomic E-state index is 12.8. The van der Waals surface area contributed by atoms with Crippen LogP contribution in [0.15, 0.2) is 41.2 Å². The smallest absolute Gasteiger partial charge is 0.280 e. The summed E-state index contributed by atoms with van der Waals surface area (Å²) in [6.07, 6.45) is -4.64. The van der Waals surface area contributed by atoms with Gasteiger partial charge in [0.05, 0.1) is 12.3 Å². The third-order valence-corrected chi connectivity index (χ3v) is 6.87. The van der Waals surface area contributed by atoms with Gasteiger partial charge in [-0.05, 0) is 28.3 Å². The van der Waals surface area contributed by atoms with Crippen LogP contribution in [0.5, 0.6) is 0 Å². The van der Waals surface area contributed by atoms with E-state index in [9.17, 15) is 24.9 Å². The number of nitrogens with one attached hydrogen (secondary N) is 2. The fraction of sp³-hybridized carbons (Fsp3) is 0.280. The first-order chi connectivity index (χ1) is 17.8. The highest BCUT2D eigenvalue weighted by Crippen LogP contribution is 2.45. The first kappa shape index (κ1) is 23.3. The number of hydrogen-bond donors (Lipinski definition) is 6. The summed E-state index contributed by atoms with van der Waals surface area (Å²) in [5.74, 6) is -0.319. The van der Waals surface area contributed by atoms with Crippen LogP contribution in [-0.2, 0) is 16.0 Å². The average Bonchev–Trinajstić information content (AvgIpc) is 3.51. The predicted octanol–water partition coefficient (Wildman–Crippen LogP) is 0.510. The molecule has 0 unspecified atom stereocenters. The molecule has 4 atom stereocenters. The molecule has 12 nitrogen and oxygen atoms in total. The maximum Gasteiger partial charge on any atom is 0.280 e. The first-order valence-corrected chi connectivity index (χ1v) is 11.7. The number of nitrogens with two attached hydrogens (primary N) is 1. The number of nitrogens with zero attached hydrogens (tertiary/aromatic N) is 3. The van der Waals surface area contributed by atoms with E-state index < -0.39 is 36.7 Å². The molecular formula is C25H24N6O6. The highest BCUT2D eigenvalue weighted by molar-refractivity contribution is 5.99. The highest BCUT2D eigenvalue weighted by atomic mass is 16.6. The number of benzene rings is 2. The molecule has 2 aromatic carbocycles. The van der Waals surface area contributed by atoms with Crippen molar-refractivity contribution in [2.75, 3.05) is 17.7 Å². The zero-order valence-electron chi connectivity index (χ0n) is 19.7. The van der Waals surface area contributed by atoms with Crippen LogP contribution in [0.3, 0.4) is 0 Å². The van der Waals surface area contributed by atoms with E-state index in [4.69, 9.17) is 10.5 Å². The van der Waals surface area contributed by atoms with Crippen LogP contribution < -0.4 is 16.6 Å². The minimum absolute atomic E-state index is 0.0173. The molecule has 0 bridgehead atoms. The molecule has 1 saturated heterocycles. The van der Waals surface area contributed by atoms with Crippen LogP contribution in [0.4, 0.5) is 11.6 Å². The monoisotopic (exact) mass is 504 g/mol. The van der Waals surface area contributed by atoms with E-state index in [1.165, 1.54) is 11.5 Å². The molecule has 1 aliphatic carbocycles. The number of fused-ring (bicyclic) bond motifs is 4. The van der Waals surface area contributed by atoms with Crippen molar-refractivity contribution in [1.29, 1.82) is 0 Å². The Morgan fingerprint density at radius 2 is 1.92 bits per heavy atom. The molecule has 2 aromatic heterocycles. The fourth-order valence-corrected chi connectivity index (χ4v) is 5.24. The number of imidazole rings is 1. The second-order valence-corrected chi connectivity index (χ2v) is 9.19. The lowest BCUT2D eigenvalue weighted by Gasteiger charge is -2.21. The number of H-pyrrole nitrogens is 1. The molecule has 0 radical (unpaired) electrons. The Balaban J connectivity index is 1.63. The summed E-state index contributed by atoms with van der Waals surface area (Å²) in [6.45, 7) is 0.855. The maximum absolute atomic E-state index is 12.8. The van der Waals surface area contributed by atoms with Crippen LogP contribution >= 0.6 is 0 Å². The number of hydrogen-bond acceptors (Lipinski definition) is 9. The third kappa shape index (κ3) is 3.53. The SMILES string of the molecule is CC(=O)Nc1c(-c2nc3c(=O)[nH]c(N)nc3n2[C@@H]2O[C@H](CO)[C@@H](O)[C@H]2O)ccc2c1Cc1ccccc1-2. The molecule has 1 fully saturated rings. The van der Waals surface area contributed by atoms with E-state index in [0.717, 1.165) is 22.3 Å². The number of aliphatic hydroxyl groups excluding tert-OH is 3. The summed E-state index contributed by atoms with van der Waals surface area (Å²) in [5.41, 5.74) is 10.1. The number of nitrogen functional groups attached to an aromatic ring is 1. The normalized spacial score (nSPS) is 22.3. The van der Waals surface area contributed by atoms with E-state index in [2.05, 4.69) is 20.3 Å². The number of aromatic nitrogens is 4. The largest absolute Gasteiger partial charge is 0.394 e. The molecule has 6 rings (SSSR count). The van der Waals surface area contributed by atoms with Crippen molar-refractivity contribution in [2.45, 2.75) is 37.9 Å². The van der Waals surface area contributed by atoms with Crippen molar-refractivity contribution in [3.63, 3.8) is 0 Å². The molecule has 12 heteroatoms. The molecule has 1 amide bonds. The van der Waals surface area contributed by atoms with Gasteiger partial charge in [0, 0.05) is 18.9 Å². The molecule has 2 aliphatic rings. The Morgan fingerprint density at radius 1 is 1.16 bits per heavy atom. The van der Waals surface area contributed by atoms with Gasteiger partial charge in [-0.25, -0.2) is 4.98 Å². The van der Waals surface area contributed by atoms with E-state index in [1.54, 1.807) is 6.07 Å². The molecule has 4 aromatic rings. The predicted molar refractivity (Wildman–Crippen MR) is 134 cm³/mol. The molecule has 3 heterocycles. The zero-order chi connectivity index (χ0) is 26.0. The lowest BCUT2D eigenvalue weighted by Crippen LogP contribution is -2.33. The lowest BCUT2D eigenvalue weighted by atomic mass is 10.00. The van der Waals surface area contributed by atoms with Gasteiger partial charge in [-0.3, -0.25) is 19.1 Å². The van der Waals surface area contributed by atoms with Gasteiger partial charge in [0.2, 0.25) is 11.9 Å². The standard InChI is InChI=1S/C25H24N6O6/c1-10(33)27-17-14(7-6-13-12-5-3-2-4-11(12)8-15(13)17)21-28-18-22(29-25(26)30-23(18)36)31(21)24-20(35)19(34)16(9-32)37-24/h2-7,16,19-20,24,32,34-35H,8-9H2,1H3,(H,27,33)(H3,26,29,30,36)/t16-,19-,20-,24-/m1/s1. The van der Waals surface area contributed by atoms with Crippen molar-refractivity contribution >= 4 is 28.7 Å². The zero-order valence-corrected chi connectivity index (χ0v) is 19.7. The van der Waals surface area contributed by atoms with Gasteiger partial charge in [-0.2, -0.15) is 4.98 Å². The van der Waals surface area contributed by atoms with Gasteiger partial charge in [0.25, 0.3) is 5.56 Å². The molecule has 37 heavy (non-hydrogen) atoms. The molecule has 1 aliphatic heterocycles. The second-order valence-electron chi connectivity index (χ2n) is 9.19. The third-order valence-electron chi connectivity index (χ3n) is 6.87. The van der Waals surface area contributed by atoms with E-state index in [0.29, 0.717) is 17.7 Å². The van der Waals surface area contributed by atoms with Crippen LogP contribution in [0.25, 0.3) is 33.7 Å². The van der Waals surface area contributed by atoms with Crippen LogP contribution in [0.2, 0.25) is 0 Å². The Bertz CT molecular complexity index is 1630. The van der Waals surface area contributed by atoms with Crippen LogP contribution in [-0.4, -0.2) is 65.7 Å². The Kier molecular flexibility index (Phi) is 5.35. The fourth-order valence-electron chi connectivity index (χ4n) is 5.24. The summed E-state index contributed by atoms with van der Waals surface area (Å²) in [7, 11) is 0. The molecule has 0 saturated carbocycles. The van der Waals surface area contributed by atoms with Crippen molar-refractivity contribution in [2.24, 2.45) is 0 Å². The summed E-state index contributed by atoms with van der Waals surface area (Å²) >= 11 is 0. The number of aromatic amines is 1. The molecule has 0 spiro atoms. The highest BCUT2D eigenvalue weighted by Gasteiger charge is 2.45. The average molecular weight is 505 g/mol. The van der Waals surface area contributed by atoms with Crippen molar-refractivity contribution in [3.8, 4) is 22.5 Å². The Morgan fingerprint density at radius 3 is 2.65 bits per heavy atom. The summed E-state index contributed by atoms with van der Waals surface area (Å²) in [4.78, 5) is 36.3. The Labute approximate surface area is 209 Å². The van der Waals surface area contributed by atoms with Gasteiger partial charge in [0.1, 0.15) is 24.1 Å². The van der Waals surface area contributed by atoms with E-state index in [-0.39, 0.29) is 28.8 Å². The Hall–Kier alpha value is -4.10. The number of carbonyl (C=O) groups excluding carboxylic acids is 1. The number of anilines is 2. The van der Waals surface area contributed by atoms with Crippen LogP contribution in [0, 0.1) is 0 Å². The van der Waals surface area contributed by atoms with Gasteiger partial charge in [-0.1, -0.05) is 30.3 Å². The summed E-state index contributed by atoms with van der Waals surface area (Å²) in [6, 6.07) is 11.6. The van der Waals surface area contributed by atoms with Gasteiger partial charge in [-0.15, -0.1) is 0 Å². The minimum atomic E-state index is -1.47. The quantitative estimate of drug-likeness (QED) is 0.203. The van der Waals surface area contributed by atoms with E-state index in [1.807, 2.05) is 30.3 Å². The summed E-state index contributed by atoms with van der Waals surface area (Å²) < 4.78 is 7.16. The topological polar surface area (TPSA) is 189 Å². The number of carbonyl (C=O) groups is 1. The molecule has 7 N–H and O–H groups in total. The van der Waals surface area contributed by atoms with E-state index >= 15 is 0 Å². The number of aliphatic hydroxyl groups is 3. The van der Waals surface area contributed by atoms with Gasteiger partial charge >= 0.3 is 0 Å².